The van der Waals surface area contributed by atoms with Gasteiger partial charge >= 0.3 is 24.0 Å². The lowest BCUT2D eigenvalue weighted by atomic mass is 10.0. The first-order valence-corrected chi connectivity index (χ1v) is 5.48. The van der Waals surface area contributed by atoms with Crippen LogP contribution in [0.15, 0.2) is 12.2 Å². The molecule has 0 aromatic heterocycles. The summed E-state index contributed by atoms with van der Waals surface area (Å²) in [6, 6.07) is 0. The molecule has 0 aliphatic carbocycles. The third kappa shape index (κ3) is 4.68. The van der Waals surface area contributed by atoms with Gasteiger partial charge in [-0.25, -0.2) is 4.79 Å². The first kappa shape index (κ1) is 18.7. The van der Waals surface area contributed by atoms with Gasteiger partial charge in [0.25, 0.3) is 0 Å². The number of carbonyl (C=O) groups excluding carboxylic acids is 1. The van der Waals surface area contributed by atoms with Crippen LogP contribution in [-0.4, -0.2) is 30.6 Å². The first-order chi connectivity index (χ1) is 8.83. The van der Waals surface area contributed by atoms with E-state index in [0.29, 0.717) is 0 Å². The predicted octanol–water partition coefficient (Wildman–Crippen LogP) is 4.11. The van der Waals surface area contributed by atoms with Crippen molar-refractivity contribution in [2.45, 2.75) is 44.2 Å². The largest absolute Gasteiger partial charge is 0.462 e. The predicted molar refractivity (Wildman–Crippen MR) is 55.6 cm³/mol. The van der Waals surface area contributed by atoms with E-state index in [1.165, 1.54) is 6.92 Å². The topological polar surface area (TPSA) is 26.3 Å². The first-order valence-electron chi connectivity index (χ1n) is 5.48. The van der Waals surface area contributed by atoms with Gasteiger partial charge in [0.15, 0.2) is 0 Å². The molecule has 0 saturated heterocycles. The van der Waals surface area contributed by atoms with Crippen LogP contribution < -0.4 is 0 Å². The van der Waals surface area contributed by atoms with E-state index in [0.717, 1.165) is 0 Å². The number of esters is 1. The molecule has 0 unspecified atom stereocenters. The summed E-state index contributed by atoms with van der Waals surface area (Å²) in [5.74, 6) is -12.1. The molecule has 0 bridgehead atoms. The van der Waals surface area contributed by atoms with Crippen LogP contribution in [0.5, 0.6) is 0 Å². The van der Waals surface area contributed by atoms with Gasteiger partial charge in [-0.15, -0.1) is 0 Å². The van der Waals surface area contributed by atoms with E-state index >= 15 is 0 Å². The Bertz CT molecular complexity index is 360. The number of halogens is 7. The Hall–Kier alpha value is -1.28. The van der Waals surface area contributed by atoms with E-state index in [-0.39, 0.29) is 18.6 Å². The molecule has 0 aliphatic heterocycles. The zero-order valence-corrected chi connectivity index (χ0v) is 10.5. The maximum absolute atomic E-state index is 12.8. The summed E-state index contributed by atoms with van der Waals surface area (Å²) in [5.41, 5.74) is 0.0546. The van der Waals surface area contributed by atoms with Gasteiger partial charge < -0.3 is 4.74 Å². The van der Waals surface area contributed by atoms with Gasteiger partial charge in [-0.2, -0.15) is 30.7 Å². The molecule has 0 rings (SSSR count). The summed E-state index contributed by atoms with van der Waals surface area (Å²) in [7, 11) is 0. The molecular weight excluding hydrogens is 297 g/mol. The van der Waals surface area contributed by atoms with Crippen molar-refractivity contribution in [3.8, 4) is 0 Å². The van der Waals surface area contributed by atoms with Gasteiger partial charge in [-0.05, 0) is 19.8 Å². The van der Waals surface area contributed by atoms with Crippen LogP contribution in [0.25, 0.3) is 0 Å². The molecule has 9 heteroatoms. The standard InChI is InChI=1S/C11H13F7O2/c1-7(2)8(19)20-6-4-3-5-9(12,13)10(14,15)11(16,17)18/h1,3-6H2,2H3. The molecule has 0 atom stereocenters. The lowest BCUT2D eigenvalue weighted by Gasteiger charge is -2.28. The zero-order valence-electron chi connectivity index (χ0n) is 10.5. The van der Waals surface area contributed by atoms with Crippen LogP contribution in [0.2, 0.25) is 0 Å². The van der Waals surface area contributed by atoms with Crippen molar-refractivity contribution < 1.29 is 40.3 Å². The minimum atomic E-state index is -6.32. The lowest BCUT2D eigenvalue weighted by molar-refractivity contribution is -0.355. The summed E-state index contributed by atoms with van der Waals surface area (Å²) in [4.78, 5) is 10.9. The second-order valence-corrected chi connectivity index (χ2v) is 4.15. The smallest absolute Gasteiger partial charge is 0.459 e. The van der Waals surface area contributed by atoms with Crippen molar-refractivity contribution in [2.24, 2.45) is 0 Å². The van der Waals surface area contributed by atoms with Crippen LogP contribution in [0.4, 0.5) is 30.7 Å². The van der Waals surface area contributed by atoms with Crippen molar-refractivity contribution in [1.82, 2.24) is 0 Å². The van der Waals surface area contributed by atoms with E-state index < -0.39 is 36.8 Å². The van der Waals surface area contributed by atoms with Crippen molar-refractivity contribution in [3.63, 3.8) is 0 Å². The molecule has 0 spiro atoms. The van der Waals surface area contributed by atoms with E-state index in [4.69, 9.17) is 0 Å². The zero-order chi connectivity index (χ0) is 16.2. The Balaban J connectivity index is 4.25. The Morgan fingerprint density at radius 3 is 1.95 bits per heavy atom. The van der Waals surface area contributed by atoms with Gasteiger partial charge in [-0.3, -0.25) is 0 Å². The lowest BCUT2D eigenvalue weighted by Crippen LogP contribution is -2.51. The average molecular weight is 310 g/mol. The second kappa shape index (κ2) is 6.45. The molecule has 0 fully saturated rings. The van der Waals surface area contributed by atoms with Gasteiger partial charge in [0.2, 0.25) is 0 Å². The molecular formula is C11H13F7O2. The number of hydrogen-bond donors (Lipinski definition) is 0. The molecule has 0 aromatic carbocycles. The van der Waals surface area contributed by atoms with Crippen molar-refractivity contribution in [1.29, 1.82) is 0 Å². The maximum Gasteiger partial charge on any atom is 0.459 e. The molecule has 0 heterocycles. The molecule has 0 N–H and O–H groups in total. The van der Waals surface area contributed by atoms with E-state index in [2.05, 4.69) is 11.3 Å². The number of unbranched alkanes of at least 4 members (excludes halogenated alkanes) is 1. The van der Waals surface area contributed by atoms with Gasteiger partial charge in [0.1, 0.15) is 0 Å². The van der Waals surface area contributed by atoms with Crippen molar-refractivity contribution in [3.05, 3.63) is 12.2 Å². The quantitative estimate of drug-likeness (QED) is 0.306. The monoisotopic (exact) mass is 310 g/mol. The van der Waals surface area contributed by atoms with Crippen LogP contribution in [-0.2, 0) is 9.53 Å². The Labute approximate surface area is 110 Å². The van der Waals surface area contributed by atoms with Crippen LogP contribution >= 0.6 is 0 Å². The Kier molecular flexibility index (Phi) is 6.03. The number of hydrogen-bond acceptors (Lipinski definition) is 2. The Morgan fingerprint density at radius 1 is 1.05 bits per heavy atom. The molecule has 0 radical (unpaired) electrons. The molecule has 0 saturated carbocycles. The van der Waals surface area contributed by atoms with E-state index in [1.54, 1.807) is 0 Å². The average Bonchev–Trinajstić information content (AvgIpc) is 2.26. The summed E-state index contributed by atoms with van der Waals surface area (Å²) in [5, 5.41) is 0. The van der Waals surface area contributed by atoms with Crippen LogP contribution in [0.3, 0.4) is 0 Å². The van der Waals surface area contributed by atoms with Gasteiger partial charge in [-0.1, -0.05) is 6.58 Å². The fourth-order valence-electron chi connectivity index (χ4n) is 1.10. The SMILES string of the molecule is C=C(C)C(=O)OCCCCC(F)(F)C(F)(F)C(F)(F)F. The highest BCUT2D eigenvalue weighted by Crippen LogP contribution is 2.48. The second-order valence-electron chi connectivity index (χ2n) is 4.15. The number of carbonyl (C=O) groups is 1. The van der Waals surface area contributed by atoms with Crippen LogP contribution in [0.1, 0.15) is 26.2 Å². The van der Waals surface area contributed by atoms with Crippen molar-refractivity contribution >= 4 is 5.97 Å². The maximum atomic E-state index is 12.8. The molecule has 0 aliphatic rings. The third-order valence-corrected chi connectivity index (χ3v) is 2.28. The minimum absolute atomic E-state index is 0.0546. The molecule has 20 heavy (non-hydrogen) atoms. The number of alkyl halides is 7. The molecule has 0 aromatic rings. The third-order valence-electron chi connectivity index (χ3n) is 2.28. The highest BCUT2D eigenvalue weighted by atomic mass is 19.4. The normalized spacial score (nSPS) is 13.2. The summed E-state index contributed by atoms with van der Waals surface area (Å²) < 4.78 is 90.4. The van der Waals surface area contributed by atoms with Crippen LogP contribution in [0, 0.1) is 0 Å². The highest BCUT2D eigenvalue weighted by Gasteiger charge is 2.72. The molecule has 0 amide bonds. The Morgan fingerprint density at radius 2 is 1.55 bits per heavy atom. The van der Waals surface area contributed by atoms with E-state index in [1.807, 2.05) is 0 Å². The van der Waals surface area contributed by atoms with Gasteiger partial charge in [0, 0.05) is 12.0 Å². The number of rotatable bonds is 7. The van der Waals surface area contributed by atoms with Crippen molar-refractivity contribution in [2.75, 3.05) is 6.61 Å². The van der Waals surface area contributed by atoms with E-state index in [9.17, 15) is 35.5 Å². The van der Waals surface area contributed by atoms with Gasteiger partial charge in [0.05, 0.1) is 6.61 Å². The minimum Gasteiger partial charge on any atom is -0.462 e. The fourth-order valence-corrected chi connectivity index (χ4v) is 1.10. The summed E-state index contributed by atoms with van der Waals surface area (Å²) in [6.07, 6.45) is -8.89. The summed E-state index contributed by atoms with van der Waals surface area (Å²) in [6.45, 7) is 4.21. The highest BCUT2D eigenvalue weighted by molar-refractivity contribution is 5.86. The molecule has 2 nitrogen and oxygen atoms in total. The summed E-state index contributed by atoms with van der Waals surface area (Å²) >= 11 is 0. The fraction of sp³-hybridized carbons (Fsp3) is 0.727. The molecule has 118 valence electrons. The number of ether oxygens (including phenoxy) is 1.